The molecule has 7 heteroatoms. The molecule has 2 rings (SSSR count). The molecular weight excluding hydrogens is 353 g/mol. The molecule has 0 radical (unpaired) electrons. The molecule has 0 unspecified atom stereocenters. The zero-order valence-corrected chi connectivity index (χ0v) is 14.1. The van der Waals surface area contributed by atoms with Crippen LogP contribution in [0, 0.1) is 0 Å². The highest BCUT2D eigenvalue weighted by Crippen LogP contribution is 2.26. The maximum atomic E-state index is 11.6. The number of nitrogens with one attached hydrogen (secondary N) is 1. The molecule has 1 amide bonds. The first-order valence-electron chi connectivity index (χ1n) is 7.08. The van der Waals surface area contributed by atoms with E-state index in [1.54, 1.807) is 12.1 Å². The molecule has 0 fully saturated rings. The molecule has 5 nitrogen and oxygen atoms in total. The first kappa shape index (κ1) is 18.1. The summed E-state index contributed by atoms with van der Waals surface area (Å²) in [5.74, 6) is -0.564. The van der Waals surface area contributed by atoms with Crippen LogP contribution in [0.3, 0.4) is 0 Å². The number of carbonyl (C=O) groups is 2. The van der Waals surface area contributed by atoms with Gasteiger partial charge in [0.15, 0.2) is 6.61 Å². The number of hydrogen-bond acceptors (Lipinski definition) is 4. The van der Waals surface area contributed by atoms with Crippen LogP contribution >= 0.6 is 23.2 Å². The minimum Gasteiger partial charge on any atom is -0.484 e. The zero-order valence-electron chi connectivity index (χ0n) is 12.6. The van der Waals surface area contributed by atoms with Crippen LogP contribution in [0.4, 0.5) is 0 Å². The molecule has 0 aliphatic rings. The molecule has 1 N–H and O–H groups in total. The van der Waals surface area contributed by atoms with Crippen LogP contribution in [-0.4, -0.2) is 25.0 Å². The quantitative estimate of drug-likeness (QED) is 0.763. The molecular formula is C17H15Cl2NO4. The van der Waals surface area contributed by atoms with E-state index in [0.717, 1.165) is 5.56 Å². The van der Waals surface area contributed by atoms with Crippen LogP contribution in [0.5, 0.6) is 5.75 Å². The second-order valence-corrected chi connectivity index (χ2v) is 5.60. The third-order valence-electron chi connectivity index (χ3n) is 2.93. The van der Waals surface area contributed by atoms with Gasteiger partial charge in [0.05, 0.1) is 10.0 Å². The summed E-state index contributed by atoms with van der Waals surface area (Å²) in [6, 6.07) is 13.9. The normalized spacial score (nSPS) is 10.1. The highest BCUT2D eigenvalue weighted by atomic mass is 35.5. The van der Waals surface area contributed by atoms with E-state index in [2.05, 4.69) is 5.32 Å². The molecule has 0 aliphatic heterocycles. The SMILES string of the molecule is O=C(COc1ccc(Cl)c(Cl)c1)NCC(=O)OCc1ccccc1. The number of halogens is 2. The number of amides is 1. The Balaban J connectivity index is 1.67. The fourth-order valence-electron chi connectivity index (χ4n) is 1.73. The van der Waals surface area contributed by atoms with E-state index in [9.17, 15) is 9.59 Å². The molecule has 0 saturated carbocycles. The molecule has 0 bridgehead atoms. The Morgan fingerprint density at radius 2 is 1.75 bits per heavy atom. The van der Waals surface area contributed by atoms with Gasteiger partial charge in [-0.15, -0.1) is 0 Å². The Hall–Kier alpha value is -2.24. The van der Waals surface area contributed by atoms with Gasteiger partial charge in [-0.1, -0.05) is 53.5 Å². The van der Waals surface area contributed by atoms with Gasteiger partial charge in [0, 0.05) is 6.07 Å². The van der Waals surface area contributed by atoms with Gasteiger partial charge in [0.1, 0.15) is 18.9 Å². The van der Waals surface area contributed by atoms with Crippen molar-refractivity contribution in [2.45, 2.75) is 6.61 Å². The summed E-state index contributed by atoms with van der Waals surface area (Å²) >= 11 is 11.6. The van der Waals surface area contributed by atoms with Gasteiger partial charge >= 0.3 is 5.97 Å². The highest BCUT2D eigenvalue weighted by Gasteiger charge is 2.08. The van der Waals surface area contributed by atoms with Crippen molar-refractivity contribution in [1.29, 1.82) is 0 Å². The molecule has 0 saturated heterocycles. The average molecular weight is 368 g/mol. The van der Waals surface area contributed by atoms with Crippen LogP contribution in [0.1, 0.15) is 5.56 Å². The lowest BCUT2D eigenvalue weighted by atomic mass is 10.2. The Kier molecular flexibility index (Phi) is 6.90. The van der Waals surface area contributed by atoms with Crippen molar-refractivity contribution >= 4 is 35.1 Å². The zero-order chi connectivity index (χ0) is 17.4. The van der Waals surface area contributed by atoms with E-state index in [4.69, 9.17) is 32.7 Å². The Labute approximate surface area is 149 Å². The Morgan fingerprint density at radius 3 is 2.46 bits per heavy atom. The first-order valence-corrected chi connectivity index (χ1v) is 7.84. The summed E-state index contributed by atoms with van der Waals surface area (Å²) in [6.45, 7) is -0.310. The molecule has 0 spiro atoms. The second-order valence-electron chi connectivity index (χ2n) is 4.79. The minimum atomic E-state index is -0.526. The maximum absolute atomic E-state index is 11.6. The smallest absolute Gasteiger partial charge is 0.325 e. The van der Waals surface area contributed by atoms with Crippen LogP contribution in [-0.2, 0) is 20.9 Å². The van der Waals surface area contributed by atoms with Crippen LogP contribution < -0.4 is 10.1 Å². The molecule has 2 aromatic rings. The standard InChI is InChI=1S/C17H15Cl2NO4/c18-14-7-6-13(8-15(14)19)23-11-16(21)20-9-17(22)24-10-12-4-2-1-3-5-12/h1-8H,9-11H2,(H,20,21). The van der Waals surface area contributed by atoms with Crippen molar-refractivity contribution in [2.24, 2.45) is 0 Å². The number of benzene rings is 2. The molecule has 2 aromatic carbocycles. The van der Waals surface area contributed by atoms with Gasteiger partial charge in [0.25, 0.3) is 5.91 Å². The maximum Gasteiger partial charge on any atom is 0.325 e. The van der Waals surface area contributed by atoms with Gasteiger partial charge in [-0.2, -0.15) is 0 Å². The number of carbonyl (C=O) groups excluding carboxylic acids is 2. The average Bonchev–Trinajstić information content (AvgIpc) is 2.60. The summed E-state index contributed by atoms with van der Waals surface area (Å²) in [6.07, 6.45) is 0. The van der Waals surface area contributed by atoms with Crippen molar-refractivity contribution in [3.8, 4) is 5.75 Å². The molecule has 0 aromatic heterocycles. The van der Waals surface area contributed by atoms with Gasteiger partial charge < -0.3 is 14.8 Å². The van der Waals surface area contributed by atoms with E-state index >= 15 is 0 Å². The van der Waals surface area contributed by atoms with Crippen molar-refractivity contribution in [2.75, 3.05) is 13.2 Å². The third kappa shape index (κ3) is 6.10. The van der Waals surface area contributed by atoms with Gasteiger partial charge in [-0.05, 0) is 17.7 Å². The highest BCUT2D eigenvalue weighted by molar-refractivity contribution is 6.42. The molecule has 0 aliphatic carbocycles. The first-order chi connectivity index (χ1) is 11.5. The van der Waals surface area contributed by atoms with Crippen molar-refractivity contribution in [1.82, 2.24) is 5.32 Å². The molecule has 0 heterocycles. The lowest BCUT2D eigenvalue weighted by Gasteiger charge is -2.08. The summed E-state index contributed by atoms with van der Waals surface area (Å²) < 4.78 is 10.3. The predicted molar refractivity (Wildman–Crippen MR) is 91.2 cm³/mol. The summed E-state index contributed by atoms with van der Waals surface area (Å²) in [7, 11) is 0. The summed E-state index contributed by atoms with van der Waals surface area (Å²) in [5.41, 5.74) is 0.875. The number of hydrogen-bond donors (Lipinski definition) is 1. The van der Waals surface area contributed by atoms with Crippen molar-refractivity contribution in [3.05, 3.63) is 64.1 Å². The van der Waals surface area contributed by atoms with Gasteiger partial charge in [-0.3, -0.25) is 9.59 Å². The summed E-state index contributed by atoms with van der Waals surface area (Å²) in [5, 5.41) is 3.15. The lowest BCUT2D eigenvalue weighted by Crippen LogP contribution is -2.34. The number of esters is 1. The Morgan fingerprint density at radius 1 is 1.00 bits per heavy atom. The minimum absolute atomic E-state index is 0.162. The van der Waals surface area contributed by atoms with Gasteiger partial charge in [-0.25, -0.2) is 0 Å². The number of ether oxygens (including phenoxy) is 2. The van der Waals surface area contributed by atoms with Crippen LogP contribution in [0.25, 0.3) is 0 Å². The number of rotatable bonds is 7. The third-order valence-corrected chi connectivity index (χ3v) is 3.67. The van der Waals surface area contributed by atoms with E-state index < -0.39 is 11.9 Å². The van der Waals surface area contributed by atoms with E-state index in [0.29, 0.717) is 15.8 Å². The topological polar surface area (TPSA) is 64.6 Å². The summed E-state index contributed by atoms with van der Waals surface area (Å²) in [4.78, 5) is 23.2. The van der Waals surface area contributed by atoms with E-state index in [1.165, 1.54) is 6.07 Å². The van der Waals surface area contributed by atoms with Crippen LogP contribution in [0.2, 0.25) is 10.0 Å². The largest absolute Gasteiger partial charge is 0.484 e. The Bertz CT molecular complexity index is 707. The molecule has 24 heavy (non-hydrogen) atoms. The molecule has 0 atom stereocenters. The predicted octanol–water partition coefficient (Wildman–Crippen LogP) is 3.23. The lowest BCUT2D eigenvalue weighted by molar-refractivity contribution is -0.145. The van der Waals surface area contributed by atoms with Crippen LogP contribution in [0.15, 0.2) is 48.5 Å². The van der Waals surface area contributed by atoms with E-state index in [-0.39, 0.29) is 19.8 Å². The van der Waals surface area contributed by atoms with Gasteiger partial charge in [0.2, 0.25) is 0 Å². The van der Waals surface area contributed by atoms with Crippen molar-refractivity contribution in [3.63, 3.8) is 0 Å². The molecule has 126 valence electrons. The fourth-order valence-corrected chi connectivity index (χ4v) is 2.01. The monoisotopic (exact) mass is 367 g/mol. The van der Waals surface area contributed by atoms with Crippen molar-refractivity contribution < 1.29 is 19.1 Å². The fraction of sp³-hybridized carbons (Fsp3) is 0.176. The second kappa shape index (κ2) is 9.15. The van der Waals surface area contributed by atoms with E-state index in [1.807, 2.05) is 30.3 Å².